The molecule has 0 saturated heterocycles. The lowest BCUT2D eigenvalue weighted by molar-refractivity contribution is -0.137. The van der Waals surface area contributed by atoms with Crippen LogP contribution < -0.4 is 4.74 Å². The van der Waals surface area contributed by atoms with E-state index < -0.39 is 23.1 Å². The number of halogens is 5. The molecule has 0 unspecified atom stereocenters. The highest BCUT2D eigenvalue weighted by Gasteiger charge is 2.33. The zero-order chi connectivity index (χ0) is 15.6. The fourth-order valence-corrected chi connectivity index (χ4v) is 1.78. The van der Waals surface area contributed by atoms with Gasteiger partial charge in [0, 0.05) is 0 Å². The summed E-state index contributed by atoms with van der Waals surface area (Å²) >= 11 is 5.57. The molecule has 7 heteroatoms. The predicted molar refractivity (Wildman–Crippen MR) is 67.6 cm³/mol. The molecule has 0 heterocycles. The van der Waals surface area contributed by atoms with Crippen molar-refractivity contribution in [2.24, 2.45) is 0 Å². The SMILES string of the molecule is N#Cc1cc(Oc2cccc(Cl)c2F)ccc1C(F)(F)F. The molecular formula is C14H6ClF4NO. The van der Waals surface area contributed by atoms with Crippen LogP contribution in [0.5, 0.6) is 11.5 Å². The van der Waals surface area contributed by atoms with Crippen LogP contribution in [-0.2, 0) is 6.18 Å². The third kappa shape index (κ3) is 3.26. The molecule has 0 saturated carbocycles. The first-order valence-corrected chi connectivity index (χ1v) is 5.94. The lowest BCUT2D eigenvalue weighted by atomic mass is 10.1. The normalized spacial score (nSPS) is 11.0. The predicted octanol–water partition coefficient (Wildman–Crippen LogP) is 5.16. The smallest absolute Gasteiger partial charge is 0.417 e. The highest BCUT2D eigenvalue weighted by Crippen LogP contribution is 2.35. The van der Waals surface area contributed by atoms with Gasteiger partial charge in [-0.15, -0.1) is 0 Å². The van der Waals surface area contributed by atoms with Crippen molar-refractivity contribution in [1.29, 1.82) is 5.26 Å². The van der Waals surface area contributed by atoms with Gasteiger partial charge in [0.2, 0.25) is 0 Å². The molecule has 0 bridgehead atoms. The second-order valence-electron chi connectivity index (χ2n) is 3.97. The van der Waals surface area contributed by atoms with Gasteiger partial charge in [-0.3, -0.25) is 0 Å². The van der Waals surface area contributed by atoms with Crippen LogP contribution in [-0.4, -0.2) is 0 Å². The van der Waals surface area contributed by atoms with Gasteiger partial charge in [-0.2, -0.15) is 18.4 Å². The molecule has 2 aromatic rings. The zero-order valence-electron chi connectivity index (χ0n) is 10.2. The van der Waals surface area contributed by atoms with E-state index in [1.165, 1.54) is 24.3 Å². The summed E-state index contributed by atoms with van der Waals surface area (Å²) in [7, 11) is 0. The number of alkyl halides is 3. The molecule has 0 atom stereocenters. The molecular weight excluding hydrogens is 310 g/mol. The van der Waals surface area contributed by atoms with Gasteiger partial charge < -0.3 is 4.74 Å². The largest absolute Gasteiger partial charge is 0.454 e. The molecule has 0 amide bonds. The van der Waals surface area contributed by atoms with Crippen LogP contribution in [0.4, 0.5) is 17.6 Å². The van der Waals surface area contributed by atoms with E-state index in [1.54, 1.807) is 0 Å². The Bertz CT molecular complexity index is 722. The standard InChI is InChI=1S/C14H6ClF4NO/c15-11-2-1-3-12(13(11)16)21-9-4-5-10(14(17,18)19)8(6-9)7-20/h1-6H. The van der Waals surface area contributed by atoms with E-state index in [9.17, 15) is 17.6 Å². The number of hydrogen-bond acceptors (Lipinski definition) is 2. The summed E-state index contributed by atoms with van der Waals surface area (Å²) in [4.78, 5) is 0. The first-order valence-electron chi connectivity index (χ1n) is 5.56. The van der Waals surface area contributed by atoms with Gasteiger partial charge in [0.25, 0.3) is 0 Å². The van der Waals surface area contributed by atoms with E-state index in [0.717, 1.165) is 12.1 Å². The summed E-state index contributed by atoms with van der Waals surface area (Å²) in [5.41, 5.74) is -1.69. The Hall–Kier alpha value is -2.26. The average Bonchev–Trinajstić information content (AvgIpc) is 2.42. The summed E-state index contributed by atoms with van der Waals surface area (Å²) in [5, 5.41) is 8.59. The molecule has 0 aliphatic heterocycles. The molecule has 2 nitrogen and oxygen atoms in total. The molecule has 2 rings (SSSR count). The van der Waals surface area contributed by atoms with Gasteiger partial charge in [0.15, 0.2) is 11.6 Å². The van der Waals surface area contributed by atoms with Crippen LogP contribution in [0.25, 0.3) is 0 Å². The van der Waals surface area contributed by atoms with Crippen molar-refractivity contribution in [1.82, 2.24) is 0 Å². The van der Waals surface area contributed by atoms with E-state index in [0.29, 0.717) is 6.07 Å². The Morgan fingerprint density at radius 3 is 2.48 bits per heavy atom. The van der Waals surface area contributed by atoms with Crippen molar-refractivity contribution in [3.05, 3.63) is 58.4 Å². The van der Waals surface area contributed by atoms with E-state index in [-0.39, 0.29) is 16.5 Å². The minimum Gasteiger partial charge on any atom is -0.454 e. The Kier molecular flexibility index (Phi) is 4.05. The summed E-state index contributed by atoms with van der Waals surface area (Å²) in [6.45, 7) is 0. The van der Waals surface area contributed by atoms with Gasteiger partial charge in [0.1, 0.15) is 5.75 Å². The summed E-state index contributed by atoms with van der Waals surface area (Å²) < 4.78 is 56.7. The lowest BCUT2D eigenvalue weighted by Gasteiger charge is -2.11. The van der Waals surface area contributed by atoms with E-state index in [2.05, 4.69) is 0 Å². The van der Waals surface area contributed by atoms with Crippen molar-refractivity contribution in [2.45, 2.75) is 6.18 Å². The Morgan fingerprint density at radius 1 is 1.14 bits per heavy atom. The van der Waals surface area contributed by atoms with Crippen LogP contribution in [0.1, 0.15) is 11.1 Å². The molecule has 2 aromatic carbocycles. The van der Waals surface area contributed by atoms with Crippen LogP contribution in [0.2, 0.25) is 5.02 Å². The van der Waals surface area contributed by atoms with Crippen LogP contribution in [0.15, 0.2) is 36.4 Å². The summed E-state index contributed by atoms with van der Waals surface area (Å²) in [6, 6.07) is 8.03. The maximum absolute atomic E-state index is 13.6. The topological polar surface area (TPSA) is 33.0 Å². The van der Waals surface area contributed by atoms with Gasteiger partial charge in [-0.05, 0) is 30.3 Å². The fourth-order valence-electron chi connectivity index (χ4n) is 1.62. The van der Waals surface area contributed by atoms with Crippen LogP contribution in [0.3, 0.4) is 0 Å². The Morgan fingerprint density at radius 2 is 1.86 bits per heavy atom. The molecule has 0 N–H and O–H groups in total. The second-order valence-corrected chi connectivity index (χ2v) is 4.38. The number of hydrogen-bond donors (Lipinski definition) is 0. The molecule has 108 valence electrons. The molecule has 0 spiro atoms. The third-order valence-electron chi connectivity index (χ3n) is 2.56. The maximum atomic E-state index is 13.6. The first-order chi connectivity index (χ1) is 9.82. The van der Waals surface area contributed by atoms with E-state index in [4.69, 9.17) is 21.6 Å². The van der Waals surface area contributed by atoms with Gasteiger partial charge >= 0.3 is 6.18 Å². The lowest BCUT2D eigenvalue weighted by Crippen LogP contribution is -2.07. The average molecular weight is 316 g/mol. The molecule has 0 radical (unpaired) electrons. The van der Waals surface area contributed by atoms with Gasteiger partial charge in [-0.1, -0.05) is 17.7 Å². The van der Waals surface area contributed by atoms with Crippen molar-refractivity contribution in [3.8, 4) is 17.6 Å². The fraction of sp³-hybridized carbons (Fsp3) is 0.0714. The molecule has 0 aliphatic carbocycles. The number of benzene rings is 2. The van der Waals surface area contributed by atoms with Crippen LogP contribution >= 0.6 is 11.6 Å². The quantitative estimate of drug-likeness (QED) is 0.717. The summed E-state index contributed by atoms with van der Waals surface area (Å²) in [6.07, 6.45) is -4.65. The maximum Gasteiger partial charge on any atom is 0.417 e. The van der Waals surface area contributed by atoms with Gasteiger partial charge in [-0.25, -0.2) is 4.39 Å². The molecule has 0 fully saturated rings. The van der Waals surface area contributed by atoms with Crippen LogP contribution in [0, 0.1) is 17.1 Å². The molecule has 21 heavy (non-hydrogen) atoms. The molecule has 0 aliphatic rings. The first kappa shape index (κ1) is 15.1. The van der Waals surface area contributed by atoms with Crippen molar-refractivity contribution >= 4 is 11.6 Å². The van der Waals surface area contributed by atoms with E-state index in [1.807, 2.05) is 0 Å². The Labute approximate surface area is 122 Å². The highest BCUT2D eigenvalue weighted by atomic mass is 35.5. The monoisotopic (exact) mass is 315 g/mol. The summed E-state index contributed by atoms with van der Waals surface area (Å²) in [5.74, 6) is -1.18. The highest BCUT2D eigenvalue weighted by molar-refractivity contribution is 6.30. The number of ether oxygens (including phenoxy) is 1. The van der Waals surface area contributed by atoms with Crippen molar-refractivity contribution in [2.75, 3.05) is 0 Å². The number of nitrogens with zero attached hydrogens (tertiary/aromatic N) is 1. The van der Waals surface area contributed by atoms with Gasteiger partial charge in [0.05, 0.1) is 22.2 Å². The minimum absolute atomic E-state index is 0.0966. The minimum atomic E-state index is -4.65. The van der Waals surface area contributed by atoms with Crippen molar-refractivity contribution < 1.29 is 22.3 Å². The molecule has 0 aromatic heterocycles. The zero-order valence-corrected chi connectivity index (χ0v) is 11.0. The number of nitriles is 1. The van der Waals surface area contributed by atoms with Crippen molar-refractivity contribution in [3.63, 3.8) is 0 Å². The second kappa shape index (κ2) is 5.62. The Balaban J connectivity index is 2.39. The van der Waals surface area contributed by atoms with E-state index >= 15 is 0 Å². The number of rotatable bonds is 2. The third-order valence-corrected chi connectivity index (χ3v) is 2.85.